The lowest BCUT2D eigenvalue weighted by Crippen LogP contribution is -2.46. The highest BCUT2D eigenvalue weighted by Crippen LogP contribution is 2.41. The molecule has 0 saturated heterocycles. The van der Waals surface area contributed by atoms with Crippen molar-refractivity contribution in [2.24, 2.45) is 11.3 Å². The number of aliphatic hydroxyl groups is 1. The van der Waals surface area contributed by atoms with Crippen molar-refractivity contribution in [2.75, 3.05) is 6.54 Å². The molecule has 0 bridgehead atoms. The molecule has 1 aromatic rings. The Kier molecular flexibility index (Phi) is 5.45. The van der Waals surface area contributed by atoms with Gasteiger partial charge in [-0.05, 0) is 55.6 Å². The molecule has 1 saturated carbocycles. The standard InChI is InChI=1S/C19H30N2O2/c1-14-5-6-15(12-20-14)11-17(22)21-13-19(23)9-7-16(8-10-19)18(2,3)4/h5-6,12,16,23H,7-11,13H2,1-4H3,(H,21,22). The first-order valence-corrected chi connectivity index (χ1v) is 8.59. The second-order valence-electron chi connectivity index (χ2n) is 8.13. The summed E-state index contributed by atoms with van der Waals surface area (Å²) in [5.41, 5.74) is 1.39. The van der Waals surface area contributed by atoms with Gasteiger partial charge in [-0.15, -0.1) is 0 Å². The minimum absolute atomic E-state index is 0.0537. The quantitative estimate of drug-likeness (QED) is 0.897. The Hall–Kier alpha value is -1.42. The van der Waals surface area contributed by atoms with E-state index in [1.807, 2.05) is 19.1 Å². The molecule has 0 aromatic carbocycles. The number of carbonyl (C=O) groups is 1. The molecule has 0 aliphatic heterocycles. The first kappa shape index (κ1) is 17.9. The molecule has 0 atom stereocenters. The monoisotopic (exact) mass is 318 g/mol. The molecule has 4 heteroatoms. The van der Waals surface area contributed by atoms with Crippen molar-refractivity contribution in [1.29, 1.82) is 0 Å². The number of rotatable bonds is 4. The van der Waals surface area contributed by atoms with E-state index in [1.165, 1.54) is 0 Å². The van der Waals surface area contributed by atoms with Gasteiger partial charge in [0.25, 0.3) is 0 Å². The average molecular weight is 318 g/mol. The summed E-state index contributed by atoms with van der Waals surface area (Å²) in [5, 5.41) is 13.6. The molecular weight excluding hydrogens is 288 g/mol. The summed E-state index contributed by atoms with van der Waals surface area (Å²) in [6.07, 6.45) is 5.63. The van der Waals surface area contributed by atoms with Crippen LogP contribution in [0.5, 0.6) is 0 Å². The zero-order valence-electron chi connectivity index (χ0n) is 14.9. The molecule has 0 radical (unpaired) electrons. The first-order valence-electron chi connectivity index (χ1n) is 8.59. The van der Waals surface area contributed by atoms with Gasteiger partial charge in [0.05, 0.1) is 12.0 Å². The lowest BCUT2D eigenvalue weighted by molar-refractivity contribution is -0.122. The lowest BCUT2D eigenvalue weighted by atomic mass is 9.68. The van der Waals surface area contributed by atoms with E-state index in [-0.39, 0.29) is 5.91 Å². The SMILES string of the molecule is Cc1ccc(CC(=O)NCC2(O)CCC(C(C)(C)C)CC2)cn1. The number of nitrogens with one attached hydrogen (secondary N) is 1. The Morgan fingerprint density at radius 1 is 1.35 bits per heavy atom. The fourth-order valence-corrected chi connectivity index (χ4v) is 3.31. The van der Waals surface area contributed by atoms with Crippen LogP contribution in [0.3, 0.4) is 0 Å². The Morgan fingerprint density at radius 3 is 2.52 bits per heavy atom. The van der Waals surface area contributed by atoms with Gasteiger partial charge >= 0.3 is 0 Å². The number of aryl methyl sites for hydroxylation is 1. The number of aromatic nitrogens is 1. The number of hydrogen-bond donors (Lipinski definition) is 2. The topological polar surface area (TPSA) is 62.2 Å². The van der Waals surface area contributed by atoms with Crippen molar-refractivity contribution >= 4 is 5.91 Å². The Balaban J connectivity index is 1.79. The third kappa shape index (κ3) is 5.31. The minimum Gasteiger partial charge on any atom is -0.388 e. The molecular formula is C19H30N2O2. The summed E-state index contributed by atoms with van der Waals surface area (Å²) < 4.78 is 0. The summed E-state index contributed by atoms with van der Waals surface area (Å²) >= 11 is 0. The van der Waals surface area contributed by atoms with Crippen molar-refractivity contribution in [3.63, 3.8) is 0 Å². The Morgan fingerprint density at radius 2 is 2.00 bits per heavy atom. The van der Waals surface area contributed by atoms with Gasteiger partial charge in [0, 0.05) is 18.4 Å². The van der Waals surface area contributed by atoms with Crippen LogP contribution < -0.4 is 5.32 Å². The first-order chi connectivity index (χ1) is 10.7. The van der Waals surface area contributed by atoms with Crippen LogP contribution in [0.2, 0.25) is 0 Å². The average Bonchev–Trinajstić information content (AvgIpc) is 2.47. The van der Waals surface area contributed by atoms with Crippen LogP contribution in [-0.4, -0.2) is 28.1 Å². The molecule has 1 aliphatic carbocycles. The second kappa shape index (κ2) is 7.00. The zero-order chi connectivity index (χ0) is 17.1. The third-order valence-corrected chi connectivity index (χ3v) is 5.09. The van der Waals surface area contributed by atoms with Gasteiger partial charge in [-0.1, -0.05) is 26.8 Å². The summed E-state index contributed by atoms with van der Waals surface area (Å²) in [6.45, 7) is 9.06. The molecule has 23 heavy (non-hydrogen) atoms. The van der Waals surface area contributed by atoms with E-state index >= 15 is 0 Å². The number of amides is 1. The van der Waals surface area contributed by atoms with Crippen molar-refractivity contribution in [3.8, 4) is 0 Å². The van der Waals surface area contributed by atoms with Crippen molar-refractivity contribution in [1.82, 2.24) is 10.3 Å². The molecule has 1 aromatic heterocycles. The minimum atomic E-state index is -0.747. The molecule has 0 spiro atoms. The van der Waals surface area contributed by atoms with Crippen molar-refractivity contribution < 1.29 is 9.90 Å². The largest absolute Gasteiger partial charge is 0.388 e. The molecule has 1 fully saturated rings. The van der Waals surface area contributed by atoms with E-state index in [4.69, 9.17) is 0 Å². The molecule has 2 rings (SSSR count). The van der Waals surface area contributed by atoms with Gasteiger partial charge in [-0.3, -0.25) is 9.78 Å². The van der Waals surface area contributed by atoms with E-state index in [0.29, 0.717) is 24.3 Å². The highest BCUT2D eigenvalue weighted by molar-refractivity contribution is 5.78. The molecule has 2 N–H and O–H groups in total. The Bertz CT molecular complexity index is 523. The fourth-order valence-electron chi connectivity index (χ4n) is 3.31. The summed E-state index contributed by atoms with van der Waals surface area (Å²) in [7, 11) is 0. The van der Waals surface area contributed by atoms with Crippen LogP contribution in [0.1, 0.15) is 57.7 Å². The van der Waals surface area contributed by atoms with Gasteiger partial charge in [0.15, 0.2) is 0 Å². The van der Waals surface area contributed by atoms with E-state index in [0.717, 1.165) is 36.9 Å². The van der Waals surface area contributed by atoms with E-state index in [9.17, 15) is 9.90 Å². The van der Waals surface area contributed by atoms with E-state index < -0.39 is 5.60 Å². The summed E-state index contributed by atoms with van der Waals surface area (Å²) in [5.74, 6) is 0.596. The van der Waals surface area contributed by atoms with Gasteiger partial charge in [0.1, 0.15) is 0 Å². The van der Waals surface area contributed by atoms with Crippen LogP contribution in [0.4, 0.5) is 0 Å². The van der Waals surface area contributed by atoms with Gasteiger partial charge in [-0.2, -0.15) is 0 Å². The van der Waals surface area contributed by atoms with Crippen molar-refractivity contribution in [2.45, 2.75) is 65.4 Å². The van der Waals surface area contributed by atoms with E-state index in [2.05, 4.69) is 31.1 Å². The van der Waals surface area contributed by atoms with Crippen LogP contribution in [0.15, 0.2) is 18.3 Å². The molecule has 4 nitrogen and oxygen atoms in total. The molecule has 128 valence electrons. The van der Waals surface area contributed by atoms with Crippen LogP contribution in [-0.2, 0) is 11.2 Å². The number of pyridine rings is 1. The number of hydrogen-bond acceptors (Lipinski definition) is 3. The predicted octanol–water partition coefficient (Wildman–Crippen LogP) is 3.02. The maximum Gasteiger partial charge on any atom is 0.224 e. The van der Waals surface area contributed by atoms with Gasteiger partial charge in [0.2, 0.25) is 5.91 Å². The van der Waals surface area contributed by atoms with Crippen LogP contribution in [0, 0.1) is 18.3 Å². The predicted molar refractivity (Wildman–Crippen MR) is 92.1 cm³/mol. The lowest BCUT2D eigenvalue weighted by Gasteiger charge is -2.41. The summed E-state index contributed by atoms with van der Waals surface area (Å²) in [6, 6.07) is 3.83. The number of carbonyl (C=O) groups excluding carboxylic acids is 1. The maximum absolute atomic E-state index is 12.1. The third-order valence-electron chi connectivity index (χ3n) is 5.09. The molecule has 0 unspecified atom stereocenters. The Labute approximate surface area is 139 Å². The zero-order valence-corrected chi connectivity index (χ0v) is 14.9. The summed E-state index contributed by atoms with van der Waals surface area (Å²) in [4.78, 5) is 16.3. The van der Waals surface area contributed by atoms with Crippen LogP contribution >= 0.6 is 0 Å². The van der Waals surface area contributed by atoms with Gasteiger partial charge in [-0.25, -0.2) is 0 Å². The second-order valence-corrected chi connectivity index (χ2v) is 8.13. The normalized spacial score (nSPS) is 25.2. The maximum atomic E-state index is 12.1. The van der Waals surface area contributed by atoms with Crippen LogP contribution in [0.25, 0.3) is 0 Å². The van der Waals surface area contributed by atoms with E-state index in [1.54, 1.807) is 6.20 Å². The highest BCUT2D eigenvalue weighted by Gasteiger charge is 2.37. The molecule has 1 aliphatic rings. The van der Waals surface area contributed by atoms with Crippen molar-refractivity contribution in [3.05, 3.63) is 29.6 Å². The molecule has 1 amide bonds. The highest BCUT2D eigenvalue weighted by atomic mass is 16.3. The molecule has 1 heterocycles. The smallest absolute Gasteiger partial charge is 0.224 e. The van der Waals surface area contributed by atoms with Gasteiger partial charge < -0.3 is 10.4 Å². The number of nitrogens with zero attached hydrogens (tertiary/aromatic N) is 1. The fraction of sp³-hybridized carbons (Fsp3) is 0.684.